The van der Waals surface area contributed by atoms with E-state index in [4.69, 9.17) is 4.74 Å². The summed E-state index contributed by atoms with van der Waals surface area (Å²) in [6.45, 7) is 1.51. The average Bonchev–Trinajstić information content (AvgIpc) is 3.35. The lowest BCUT2D eigenvalue weighted by Crippen LogP contribution is -2.42. The molecule has 0 spiro atoms. The zero-order valence-corrected chi connectivity index (χ0v) is 16.4. The molecule has 5 heteroatoms. The molecule has 3 aromatic rings. The second kappa shape index (κ2) is 6.78. The summed E-state index contributed by atoms with van der Waals surface area (Å²) in [4.78, 5) is 15.3. The number of fused-ring (bicyclic) bond motifs is 3. The van der Waals surface area contributed by atoms with Crippen LogP contribution in [0.5, 0.6) is 5.75 Å². The standard InChI is InChI=1S/C24H24N2O3/c1-25-20(17-7-3-2-4-8-17)11-12-21(25)23(28)26-13-19-18-9-5-6-10-22(18)29-16-24(19,14-26)15-27/h2-12,19,27H,13-16H2,1H3/t19-,24-/m1/s1. The molecule has 0 aliphatic carbocycles. The number of ether oxygens (including phenoxy) is 1. The lowest BCUT2D eigenvalue weighted by Gasteiger charge is -2.37. The first kappa shape index (κ1) is 18.0. The fourth-order valence-corrected chi connectivity index (χ4v) is 4.81. The number of benzene rings is 2. The van der Waals surface area contributed by atoms with Crippen molar-refractivity contribution >= 4 is 5.91 Å². The number of aliphatic hydroxyl groups excluding tert-OH is 1. The molecule has 3 heterocycles. The predicted molar refractivity (Wildman–Crippen MR) is 111 cm³/mol. The highest BCUT2D eigenvalue weighted by Crippen LogP contribution is 2.49. The molecule has 1 amide bonds. The van der Waals surface area contributed by atoms with E-state index in [2.05, 4.69) is 0 Å². The van der Waals surface area contributed by atoms with Crippen molar-refractivity contribution in [2.75, 3.05) is 26.3 Å². The van der Waals surface area contributed by atoms with Crippen LogP contribution in [0.2, 0.25) is 0 Å². The summed E-state index contributed by atoms with van der Waals surface area (Å²) in [7, 11) is 1.93. The summed E-state index contributed by atoms with van der Waals surface area (Å²) in [6.07, 6.45) is 0. The number of aliphatic hydroxyl groups is 1. The highest BCUT2D eigenvalue weighted by atomic mass is 16.5. The van der Waals surface area contributed by atoms with Crippen molar-refractivity contribution in [1.29, 1.82) is 0 Å². The molecule has 0 unspecified atom stereocenters. The summed E-state index contributed by atoms with van der Waals surface area (Å²) < 4.78 is 7.90. The van der Waals surface area contributed by atoms with E-state index < -0.39 is 5.41 Å². The molecular weight excluding hydrogens is 364 g/mol. The molecule has 1 aromatic heterocycles. The molecule has 29 heavy (non-hydrogen) atoms. The van der Waals surface area contributed by atoms with Crippen LogP contribution < -0.4 is 4.74 Å². The average molecular weight is 388 g/mol. The fraction of sp³-hybridized carbons (Fsp3) is 0.292. The molecule has 1 fully saturated rings. The number of amides is 1. The van der Waals surface area contributed by atoms with Gasteiger partial charge < -0.3 is 19.3 Å². The lowest BCUT2D eigenvalue weighted by molar-refractivity contribution is 0.0438. The predicted octanol–water partition coefficient (Wildman–Crippen LogP) is 3.30. The van der Waals surface area contributed by atoms with Gasteiger partial charge in [-0.1, -0.05) is 48.5 Å². The van der Waals surface area contributed by atoms with Crippen molar-refractivity contribution in [2.24, 2.45) is 12.5 Å². The Balaban J connectivity index is 1.46. The van der Waals surface area contributed by atoms with Crippen LogP contribution in [0.3, 0.4) is 0 Å². The maximum absolute atomic E-state index is 13.4. The Morgan fingerprint density at radius 2 is 1.86 bits per heavy atom. The molecule has 0 radical (unpaired) electrons. The van der Waals surface area contributed by atoms with Gasteiger partial charge in [0.2, 0.25) is 0 Å². The van der Waals surface area contributed by atoms with Crippen LogP contribution >= 0.6 is 0 Å². The highest BCUT2D eigenvalue weighted by Gasteiger charge is 2.52. The topological polar surface area (TPSA) is 54.7 Å². The largest absolute Gasteiger partial charge is 0.493 e. The summed E-state index contributed by atoms with van der Waals surface area (Å²) in [5.41, 5.74) is 3.39. The fourth-order valence-electron chi connectivity index (χ4n) is 4.81. The quantitative estimate of drug-likeness (QED) is 0.749. The molecule has 2 aliphatic heterocycles. The Bertz CT molecular complexity index is 1060. The minimum atomic E-state index is -0.447. The van der Waals surface area contributed by atoms with E-state index in [0.29, 0.717) is 25.4 Å². The molecule has 148 valence electrons. The van der Waals surface area contributed by atoms with Crippen molar-refractivity contribution < 1.29 is 14.6 Å². The van der Waals surface area contributed by atoms with Gasteiger partial charge >= 0.3 is 0 Å². The molecule has 2 aromatic carbocycles. The van der Waals surface area contributed by atoms with Gasteiger partial charge in [-0.2, -0.15) is 0 Å². The van der Waals surface area contributed by atoms with Gasteiger partial charge in [-0.3, -0.25) is 4.79 Å². The maximum atomic E-state index is 13.4. The Kier molecular flexibility index (Phi) is 4.21. The third-order valence-corrected chi connectivity index (χ3v) is 6.47. The van der Waals surface area contributed by atoms with E-state index in [-0.39, 0.29) is 18.4 Å². The van der Waals surface area contributed by atoms with Crippen molar-refractivity contribution in [1.82, 2.24) is 9.47 Å². The molecule has 1 saturated heterocycles. The molecular formula is C24H24N2O3. The van der Waals surface area contributed by atoms with Gasteiger partial charge in [-0.25, -0.2) is 0 Å². The SMILES string of the molecule is Cn1c(C(=O)N2C[C@@H]3c4ccccc4OC[C@]3(CO)C2)ccc1-c1ccccc1. The molecule has 5 nitrogen and oxygen atoms in total. The minimum absolute atomic E-state index is 0.00180. The van der Waals surface area contributed by atoms with Crippen LogP contribution in [0, 0.1) is 5.41 Å². The van der Waals surface area contributed by atoms with E-state index >= 15 is 0 Å². The Labute approximate surface area is 170 Å². The van der Waals surface area contributed by atoms with Crippen LogP contribution in [0.4, 0.5) is 0 Å². The van der Waals surface area contributed by atoms with Crippen LogP contribution in [0.15, 0.2) is 66.7 Å². The molecule has 2 atom stereocenters. The molecule has 1 N–H and O–H groups in total. The first-order valence-corrected chi connectivity index (χ1v) is 9.96. The van der Waals surface area contributed by atoms with Gasteiger partial charge in [0, 0.05) is 31.7 Å². The van der Waals surface area contributed by atoms with Crippen molar-refractivity contribution in [3.05, 3.63) is 78.0 Å². The molecule has 0 bridgehead atoms. The lowest BCUT2D eigenvalue weighted by atomic mass is 9.74. The third kappa shape index (κ3) is 2.76. The normalized spacial score (nSPS) is 22.7. The number of rotatable bonds is 3. The number of nitrogens with zero attached hydrogens (tertiary/aromatic N) is 2. The van der Waals surface area contributed by atoms with Gasteiger partial charge in [0.25, 0.3) is 5.91 Å². The second-order valence-corrected chi connectivity index (χ2v) is 8.11. The minimum Gasteiger partial charge on any atom is -0.493 e. The summed E-state index contributed by atoms with van der Waals surface area (Å²) in [5, 5.41) is 10.2. The Hall–Kier alpha value is -3.05. The second-order valence-electron chi connectivity index (χ2n) is 8.11. The maximum Gasteiger partial charge on any atom is 0.270 e. The zero-order chi connectivity index (χ0) is 20.0. The number of likely N-dealkylation sites (tertiary alicyclic amines) is 1. The zero-order valence-electron chi connectivity index (χ0n) is 16.4. The van der Waals surface area contributed by atoms with E-state index in [9.17, 15) is 9.90 Å². The van der Waals surface area contributed by atoms with E-state index in [1.165, 1.54) is 0 Å². The number of hydrogen-bond donors (Lipinski definition) is 1. The van der Waals surface area contributed by atoms with Crippen LogP contribution in [-0.4, -0.2) is 46.8 Å². The summed E-state index contributed by atoms with van der Waals surface area (Å²) in [5.74, 6) is 0.936. The number of para-hydroxylation sites is 1. The van der Waals surface area contributed by atoms with Crippen LogP contribution in [0.1, 0.15) is 22.0 Å². The number of aromatic nitrogens is 1. The van der Waals surface area contributed by atoms with Crippen LogP contribution in [-0.2, 0) is 7.05 Å². The van der Waals surface area contributed by atoms with Gasteiger partial charge in [-0.05, 0) is 29.3 Å². The van der Waals surface area contributed by atoms with Gasteiger partial charge in [-0.15, -0.1) is 0 Å². The third-order valence-electron chi connectivity index (χ3n) is 6.47. The number of carbonyl (C=O) groups is 1. The van der Waals surface area contributed by atoms with Crippen molar-refractivity contribution in [3.63, 3.8) is 0 Å². The van der Waals surface area contributed by atoms with Gasteiger partial charge in [0.05, 0.1) is 18.6 Å². The Morgan fingerprint density at radius 1 is 1.10 bits per heavy atom. The first-order valence-electron chi connectivity index (χ1n) is 9.96. The molecule has 5 rings (SSSR count). The van der Waals surface area contributed by atoms with Crippen molar-refractivity contribution in [2.45, 2.75) is 5.92 Å². The smallest absolute Gasteiger partial charge is 0.270 e. The molecule has 0 saturated carbocycles. The monoisotopic (exact) mass is 388 g/mol. The van der Waals surface area contributed by atoms with Gasteiger partial charge in [0.15, 0.2) is 0 Å². The summed E-state index contributed by atoms with van der Waals surface area (Å²) >= 11 is 0. The summed E-state index contributed by atoms with van der Waals surface area (Å²) in [6, 6.07) is 21.9. The van der Waals surface area contributed by atoms with Crippen LogP contribution in [0.25, 0.3) is 11.3 Å². The van der Waals surface area contributed by atoms with Gasteiger partial charge in [0.1, 0.15) is 11.4 Å². The van der Waals surface area contributed by atoms with Crippen molar-refractivity contribution in [3.8, 4) is 17.0 Å². The van der Waals surface area contributed by atoms with E-state index in [0.717, 1.165) is 22.6 Å². The van der Waals surface area contributed by atoms with E-state index in [1.54, 1.807) is 0 Å². The first-order chi connectivity index (χ1) is 14.1. The molecule has 2 aliphatic rings. The Morgan fingerprint density at radius 3 is 2.66 bits per heavy atom. The highest BCUT2D eigenvalue weighted by molar-refractivity contribution is 5.94. The number of carbonyl (C=O) groups excluding carboxylic acids is 1. The number of hydrogen-bond acceptors (Lipinski definition) is 3. The van der Waals surface area contributed by atoms with E-state index in [1.807, 2.05) is 83.2 Å².